The van der Waals surface area contributed by atoms with E-state index in [9.17, 15) is 9.59 Å². The molecule has 0 aliphatic carbocycles. The van der Waals surface area contributed by atoms with E-state index in [0.29, 0.717) is 12.1 Å². The van der Waals surface area contributed by atoms with Crippen LogP contribution >= 0.6 is 0 Å². The third-order valence-electron chi connectivity index (χ3n) is 3.29. The second-order valence-electron chi connectivity index (χ2n) is 5.49. The van der Waals surface area contributed by atoms with Gasteiger partial charge in [0.1, 0.15) is 5.69 Å². The summed E-state index contributed by atoms with van der Waals surface area (Å²) in [5.41, 5.74) is 0.134. The lowest BCUT2D eigenvalue weighted by atomic mass is 10.1. The number of carbonyl (C=O) groups excluding carboxylic acids is 1. The molecule has 1 saturated heterocycles. The van der Waals surface area contributed by atoms with Crippen LogP contribution in [-0.4, -0.2) is 40.2 Å². The Morgan fingerprint density at radius 3 is 2.75 bits per heavy atom. The molecular formula is C14H18N2O4. The van der Waals surface area contributed by atoms with Crippen molar-refractivity contribution in [3.05, 3.63) is 29.6 Å². The highest BCUT2D eigenvalue weighted by atomic mass is 16.5. The zero-order chi connectivity index (χ0) is 14.8. The van der Waals surface area contributed by atoms with Gasteiger partial charge in [-0.1, -0.05) is 0 Å². The third-order valence-corrected chi connectivity index (χ3v) is 3.29. The summed E-state index contributed by atoms with van der Waals surface area (Å²) in [6.45, 7) is 4.51. The highest BCUT2D eigenvalue weighted by Gasteiger charge is 2.31. The van der Waals surface area contributed by atoms with Crippen LogP contribution in [0.4, 0.5) is 0 Å². The number of carbonyl (C=O) groups is 2. The number of hydrogen-bond acceptors (Lipinski definition) is 4. The van der Waals surface area contributed by atoms with Crippen molar-refractivity contribution >= 4 is 11.9 Å². The van der Waals surface area contributed by atoms with E-state index in [1.54, 1.807) is 0 Å². The Morgan fingerprint density at radius 1 is 1.50 bits per heavy atom. The average molecular weight is 278 g/mol. The molecule has 2 rings (SSSR count). The van der Waals surface area contributed by atoms with Gasteiger partial charge in [-0.2, -0.15) is 0 Å². The maximum Gasteiger partial charge on any atom is 0.354 e. The Balaban J connectivity index is 1.87. The lowest BCUT2D eigenvalue weighted by molar-refractivity contribution is -0.0138. The number of hydrogen-bond donors (Lipinski definition) is 2. The van der Waals surface area contributed by atoms with Gasteiger partial charge in [0, 0.05) is 12.7 Å². The Hall–Kier alpha value is -1.95. The van der Waals surface area contributed by atoms with E-state index >= 15 is 0 Å². The molecule has 1 amide bonds. The maximum atomic E-state index is 11.9. The van der Waals surface area contributed by atoms with Crippen LogP contribution in [0, 0.1) is 0 Å². The van der Waals surface area contributed by atoms with Gasteiger partial charge in [0.2, 0.25) is 0 Å². The van der Waals surface area contributed by atoms with Gasteiger partial charge in [-0.25, -0.2) is 9.78 Å². The maximum absolute atomic E-state index is 11.9. The minimum absolute atomic E-state index is 0.0280. The summed E-state index contributed by atoms with van der Waals surface area (Å²) < 4.78 is 5.78. The van der Waals surface area contributed by atoms with Crippen LogP contribution in [0.15, 0.2) is 18.3 Å². The number of nitrogens with one attached hydrogen (secondary N) is 1. The SMILES string of the molecule is CC1(C)CCC(CNC(=O)c2ccc(C(=O)O)nc2)O1. The molecule has 2 heterocycles. The summed E-state index contributed by atoms with van der Waals surface area (Å²) in [5, 5.41) is 11.5. The zero-order valence-electron chi connectivity index (χ0n) is 11.5. The Morgan fingerprint density at radius 2 is 2.25 bits per heavy atom. The predicted molar refractivity (Wildman–Crippen MR) is 71.7 cm³/mol. The van der Waals surface area contributed by atoms with Gasteiger partial charge in [0.15, 0.2) is 0 Å². The van der Waals surface area contributed by atoms with Gasteiger partial charge >= 0.3 is 5.97 Å². The zero-order valence-corrected chi connectivity index (χ0v) is 11.5. The molecule has 1 fully saturated rings. The molecule has 20 heavy (non-hydrogen) atoms. The molecule has 1 aromatic heterocycles. The van der Waals surface area contributed by atoms with Gasteiger partial charge in [-0.15, -0.1) is 0 Å². The van der Waals surface area contributed by atoms with Crippen molar-refractivity contribution in [1.82, 2.24) is 10.3 Å². The second kappa shape index (κ2) is 5.58. The molecule has 1 aromatic rings. The first-order valence-electron chi connectivity index (χ1n) is 6.53. The molecule has 0 saturated carbocycles. The van der Waals surface area contributed by atoms with Crippen molar-refractivity contribution in [2.75, 3.05) is 6.54 Å². The molecule has 0 spiro atoms. The number of carboxylic acid groups (broad SMARTS) is 1. The summed E-state index contributed by atoms with van der Waals surface area (Å²) in [7, 11) is 0. The summed E-state index contributed by atoms with van der Waals surface area (Å²) in [6.07, 6.45) is 3.18. The Bertz CT molecular complexity index is 510. The highest BCUT2D eigenvalue weighted by Crippen LogP contribution is 2.28. The minimum atomic E-state index is -1.11. The van der Waals surface area contributed by atoms with Gasteiger partial charge in [-0.3, -0.25) is 4.79 Å². The van der Waals surface area contributed by atoms with Gasteiger partial charge in [0.25, 0.3) is 5.91 Å². The molecule has 2 N–H and O–H groups in total. The smallest absolute Gasteiger partial charge is 0.354 e. The number of nitrogens with zero attached hydrogens (tertiary/aromatic N) is 1. The van der Waals surface area contributed by atoms with Gasteiger partial charge < -0.3 is 15.2 Å². The Labute approximate surface area is 117 Å². The van der Waals surface area contributed by atoms with Crippen LogP contribution in [-0.2, 0) is 4.74 Å². The van der Waals surface area contributed by atoms with Crippen LogP contribution in [0.3, 0.4) is 0 Å². The molecule has 0 bridgehead atoms. The lowest BCUT2D eigenvalue weighted by Crippen LogP contribution is -2.33. The van der Waals surface area contributed by atoms with Crippen molar-refractivity contribution < 1.29 is 19.4 Å². The number of pyridine rings is 1. The molecule has 6 heteroatoms. The molecule has 6 nitrogen and oxygen atoms in total. The van der Waals surface area contributed by atoms with E-state index in [2.05, 4.69) is 10.3 Å². The van der Waals surface area contributed by atoms with Gasteiger partial charge in [-0.05, 0) is 38.8 Å². The number of aromatic nitrogens is 1. The molecule has 0 radical (unpaired) electrons. The fourth-order valence-corrected chi connectivity index (χ4v) is 2.18. The van der Waals surface area contributed by atoms with Gasteiger partial charge in [0.05, 0.1) is 17.3 Å². The van der Waals surface area contributed by atoms with Crippen LogP contribution in [0.5, 0.6) is 0 Å². The fourth-order valence-electron chi connectivity index (χ4n) is 2.18. The van der Waals surface area contributed by atoms with Crippen LogP contribution in [0.25, 0.3) is 0 Å². The van der Waals surface area contributed by atoms with E-state index in [4.69, 9.17) is 9.84 Å². The molecule has 1 aliphatic heterocycles. The molecule has 108 valence electrons. The molecule has 1 atom stereocenters. The number of aromatic carboxylic acids is 1. The Kier molecular flexibility index (Phi) is 4.04. The van der Waals surface area contributed by atoms with E-state index in [-0.39, 0.29) is 23.3 Å². The van der Waals surface area contributed by atoms with E-state index in [1.807, 2.05) is 13.8 Å². The first kappa shape index (κ1) is 14.5. The predicted octanol–water partition coefficient (Wildman–Crippen LogP) is 1.47. The summed E-state index contributed by atoms with van der Waals surface area (Å²) in [4.78, 5) is 26.3. The molecular weight excluding hydrogens is 260 g/mol. The molecule has 1 aliphatic rings. The largest absolute Gasteiger partial charge is 0.477 e. The van der Waals surface area contributed by atoms with Crippen molar-refractivity contribution in [3.63, 3.8) is 0 Å². The normalized spacial score (nSPS) is 20.6. The number of carboxylic acids is 1. The summed E-state index contributed by atoms with van der Waals surface area (Å²) in [5.74, 6) is -1.39. The van der Waals surface area contributed by atoms with Crippen LogP contribution < -0.4 is 5.32 Å². The number of ether oxygens (including phenoxy) is 1. The first-order chi connectivity index (χ1) is 9.37. The third kappa shape index (κ3) is 3.54. The number of amides is 1. The second-order valence-corrected chi connectivity index (χ2v) is 5.49. The van der Waals surface area contributed by atoms with Crippen LogP contribution in [0.1, 0.15) is 47.5 Å². The topological polar surface area (TPSA) is 88.5 Å². The van der Waals surface area contributed by atoms with E-state index in [0.717, 1.165) is 12.8 Å². The highest BCUT2D eigenvalue weighted by molar-refractivity contribution is 5.94. The summed E-state index contributed by atoms with van der Waals surface area (Å²) >= 11 is 0. The standard InChI is InChI=1S/C14H18N2O4/c1-14(2)6-5-10(20-14)8-16-12(17)9-3-4-11(13(18)19)15-7-9/h3-4,7,10H,5-6,8H2,1-2H3,(H,16,17)(H,18,19). The van der Waals surface area contributed by atoms with Crippen LogP contribution in [0.2, 0.25) is 0 Å². The molecule has 1 unspecified atom stereocenters. The monoisotopic (exact) mass is 278 g/mol. The van der Waals surface area contributed by atoms with Crippen molar-refractivity contribution in [2.45, 2.75) is 38.4 Å². The lowest BCUT2D eigenvalue weighted by Gasteiger charge is -2.19. The van der Waals surface area contributed by atoms with Crippen molar-refractivity contribution in [3.8, 4) is 0 Å². The average Bonchev–Trinajstić information content (AvgIpc) is 2.75. The van der Waals surface area contributed by atoms with Crippen molar-refractivity contribution in [2.24, 2.45) is 0 Å². The number of rotatable bonds is 4. The molecule has 0 aromatic carbocycles. The summed E-state index contributed by atoms with van der Waals surface area (Å²) in [6, 6.07) is 2.76. The van der Waals surface area contributed by atoms with Crippen molar-refractivity contribution in [1.29, 1.82) is 0 Å². The quantitative estimate of drug-likeness (QED) is 0.870. The van der Waals surface area contributed by atoms with E-state index < -0.39 is 5.97 Å². The van der Waals surface area contributed by atoms with E-state index in [1.165, 1.54) is 18.3 Å². The first-order valence-corrected chi connectivity index (χ1v) is 6.53. The fraction of sp³-hybridized carbons (Fsp3) is 0.500. The minimum Gasteiger partial charge on any atom is -0.477 e.